The van der Waals surface area contributed by atoms with Crippen molar-refractivity contribution in [3.8, 4) is 0 Å². The molecule has 0 aromatic carbocycles. The predicted octanol–water partition coefficient (Wildman–Crippen LogP) is 2.22. The van der Waals surface area contributed by atoms with E-state index >= 15 is 0 Å². The Bertz CT molecular complexity index is 331. The molecule has 1 heterocycles. The molecular formula is C11H14FN3. The smallest absolute Gasteiger partial charge is 0.223 e. The number of nitrogens with zero attached hydrogens (tertiary/aromatic N) is 2. The van der Waals surface area contributed by atoms with Gasteiger partial charge in [0.1, 0.15) is 0 Å². The second kappa shape index (κ2) is 3.43. The van der Waals surface area contributed by atoms with E-state index in [0.29, 0.717) is 12.0 Å². The van der Waals surface area contributed by atoms with Crippen LogP contribution in [-0.2, 0) is 0 Å². The molecule has 0 aliphatic heterocycles. The standard InChI is InChI=1S/C11H14FN3/c12-9-5-13-11(14-6-9)15-10(7-1-2-7)8-3-4-8/h5-8,10H,1-4H2,(H,13,14,15). The molecular weight excluding hydrogens is 193 g/mol. The van der Waals surface area contributed by atoms with E-state index in [1.54, 1.807) is 0 Å². The Balaban J connectivity index is 1.69. The van der Waals surface area contributed by atoms with Crippen LogP contribution in [0.1, 0.15) is 25.7 Å². The summed E-state index contributed by atoms with van der Waals surface area (Å²) in [6, 6.07) is 0.524. The first-order valence-corrected chi connectivity index (χ1v) is 5.57. The third kappa shape index (κ3) is 2.08. The summed E-state index contributed by atoms with van der Waals surface area (Å²) in [6.07, 6.45) is 7.69. The number of halogens is 1. The van der Waals surface area contributed by atoms with E-state index in [4.69, 9.17) is 0 Å². The van der Waals surface area contributed by atoms with Crippen LogP contribution in [0.15, 0.2) is 12.4 Å². The molecule has 2 saturated carbocycles. The molecule has 0 atom stereocenters. The lowest BCUT2D eigenvalue weighted by Gasteiger charge is -2.16. The third-order valence-corrected chi connectivity index (χ3v) is 3.18. The molecule has 0 bridgehead atoms. The molecule has 2 aliphatic rings. The molecule has 1 N–H and O–H groups in total. The summed E-state index contributed by atoms with van der Waals surface area (Å²) in [5.74, 6) is 1.78. The monoisotopic (exact) mass is 207 g/mol. The summed E-state index contributed by atoms with van der Waals surface area (Å²) in [7, 11) is 0. The topological polar surface area (TPSA) is 37.8 Å². The van der Waals surface area contributed by atoms with Gasteiger partial charge in [-0.05, 0) is 37.5 Å². The van der Waals surface area contributed by atoms with E-state index in [-0.39, 0.29) is 5.82 Å². The van der Waals surface area contributed by atoms with Gasteiger partial charge in [-0.1, -0.05) is 0 Å². The van der Waals surface area contributed by atoms with Crippen molar-refractivity contribution in [1.29, 1.82) is 0 Å². The number of hydrogen-bond acceptors (Lipinski definition) is 3. The molecule has 0 saturated heterocycles. The highest BCUT2D eigenvalue weighted by Gasteiger charge is 2.41. The van der Waals surface area contributed by atoms with Gasteiger partial charge in [0.2, 0.25) is 5.95 Å². The molecule has 4 heteroatoms. The third-order valence-electron chi connectivity index (χ3n) is 3.18. The van der Waals surface area contributed by atoms with Crippen LogP contribution in [0.3, 0.4) is 0 Å². The lowest BCUT2D eigenvalue weighted by molar-refractivity contribution is 0.560. The van der Waals surface area contributed by atoms with Crippen LogP contribution in [0.5, 0.6) is 0 Å². The highest BCUT2D eigenvalue weighted by molar-refractivity contribution is 5.27. The van der Waals surface area contributed by atoms with Crippen molar-refractivity contribution >= 4 is 5.95 Å². The zero-order chi connectivity index (χ0) is 10.3. The fourth-order valence-electron chi connectivity index (χ4n) is 2.07. The normalized spacial score (nSPS) is 20.7. The van der Waals surface area contributed by atoms with E-state index < -0.39 is 0 Å². The van der Waals surface area contributed by atoms with Crippen molar-refractivity contribution in [3.05, 3.63) is 18.2 Å². The number of anilines is 1. The van der Waals surface area contributed by atoms with E-state index in [1.165, 1.54) is 38.1 Å². The summed E-state index contributed by atoms with van der Waals surface area (Å²) in [4.78, 5) is 7.88. The first kappa shape index (κ1) is 9.07. The second-order valence-electron chi connectivity index (χ2n) is 4.57. The molecule has 15 heavy (non-hydrogen) atoms. The van der Waals surface area contributed by atoms with Gasteiger partial charge < -0.3 is 5.32 Å². The van der Waals surface area contributed by atoms with Gasteiger partial charge in [0.25, 0.3) is 0 Å². The molecule has 80 valence electrons. The Morgan fingerprint density at radius 2 is 1.67 bits per heavy atom. The fraction of sp³-hybridized carbons (Fsp3) is 0.636. The van der Waals surface area contributed by atoms with Crippen LogP contribution in [-0.4, -0.2) is 16.0 Å². The van der Waals surface area contributed by atoms with Crippen molar-refractivity contribution in [2.75, 3.05) is 5.32 Å². The van der Waals surface area contributed by atoms with Gasteiger partial charge >= 0.3 is 0 Å². The van der Waals surface area contributed by atoms with Gasteiger partial charge in [0, 0.05) is 6.04 Å². The first-order valence-electron chi connectivity index (χ1n) is 5.57. The van der Waals surface area contributed by atoms with Gasteiger partial charge in [-0.2, -0.15) is 0 Å². The maximum Gasteiger partial charge on any atom is 0.223 e. The van der Waals surface area contributed by atoms with Crippen molar-refractivity contribution in [2.45, 2.75) is 31.7 Å². The van der Waals surface area contributed by atoms with Gasteiger partial charge in [-0.25, -0.2) is 14.4 Å². The molecule has 0 spiro atoms. The molecule has 2 aliphatic carbocycles. The molecule has 1 aromatic heterocycles. The number of hydrogen-bond donors (Lipinski definition) is 1. The van der Waals surface area contributed by atoms with Gasteiger partial charge in [0.15, 0.2) is 5.82 Å². The number of aromatic nitrogens is 2. The Hall–Kier alpha value is -1.19. The van der Waals surface area contributed by atoms with Gasteiger partial charge in [0.05, 0.1) is 12.4 Å². The van der Waals surface area contributed by atoms with Crippen LogP contribution in [0.25, 0.3) is 0 Å². The predicted molar refractivity (Wildman–Crippen MR) is 54.8 cm³/mol. The SMILES string of the molecule is Fc1cnc(NC(C2CC2)C2CC2)nc1. The molecule has 0 unspecified atom stereocenters. The van der Waals surface area contributed by atoms with Crippen LogP contribution in [0, 0.1) is 17.7 Å². The van der Waals surface area contributed by atoms with Gasteiger partial charge in [-0.3, -0.25) is 0 Å². The average Bonchev–Trinajstić information content (AvgIpc) is 3.11. The molecule has 3 nitrogen and oxygen atoms in total. The number of rotatable bonds is 4. The van der Waals surface area contributed by atoms with Crippen LogP contribution >= 0.6 is 0 Å². The van der Waals surface area contributed by atoms with Crippen LogP contribution < -0.4 is 5.32 Å². The van der Waals surface area contributed by atoms with Crippen LogP contribution in [0.2, 0.25) is 0 Å². The molecule has 0 amide bonds. The fourth-order valence-corrected chi connectivity index (χ4v) is 2.07. The van der Waals surface area contributed by atoms with Crippen molar-refractivity contribution in [2.24, 2.45) is 11.8 Å². The van der Waals surface area contributed by atoms with Crippen molar-refractivity contribution in [1.82, 2.24) is 9.97 Å². The lowest BCUT2D eigenvalue weighted by Crippen LogP contribution is -2.25. The Morgan fingerprint density at radius 1 is 1.13 bits per heavy atom. The summed E-state index contributed by atoms with van der Waals surface area (Å²) >= 11 is 0. The maximum absolute atomic E-state index is 12.6. The van der Waals surface area contributed by atoms with Gasteiger partial charge in [-0.15, -0.1) is 0 Å². The average molecular weight is 207 g/mol. The van der Waals surface area contributed by atoms with Crippen LogP contribution in [0.4, 0.5) is 10.3 Å². The van der Waals surface area contributed by atoms with E-state index in [1.807, 2.05) is 0 Å². The number of nitrogens with one attached hydrogen (secondary N) is 1. The van der Waals surface area contributed by atoms with E-state index in [2.05, 4.69) is 15.3 Å². The van der Waals surface area contributed by atoms with E-state index in [0.717, 1.165) is 11.8 Å². The summed E-state index contributed by atoms with van der Waals surface area (Å²) in [6.45, 7) is 0. The Labute approximate surface area is 88.1 Å². The minimum absolute atomic E-state index is 0.380. The first-order chi connectivity index (χ1) is 7.33. The minimum atomic E-state index is -0.380. The maximum atomic E-state index is 12.6. The summed E-state index contributed by atoms with van der Waals surface area (Å²) in [5.41, 5.74) is 0. The molecule has 0 radical (unpaired) electrons. The largest absolute Gasteiger partial charge is 0.351 e. The Morgan fingerprint density at radius 3 is 2.13 bits per heavy atom. The highest BCUT2D eigenvalue weighted by atomic mass is 19.1. The lowest BCUT2D eigenvalue weighted by atomic mass is 10.1. The highest BCUT2D eigenvalue weighted by Crippen LogP contribution is 2.45. The van der Waals surface area contributed by atoms with Crippen molar-refractivity contribution < 1.29 is 4.39 Å². The zero-order valence-electron chi connectivity index (χ0n) is 8.49. The summed E-state index contributed by atoms with van der Waals surface area (Å²) in [5, 5.41) is 3.34. The quantitative estimate of drug-likeness (QED) is 0.822. The molecule has 3 rings (SSSR count). The van der Waals surface area contributed by atoms with Crippen molar-refractivity contribution in [3.63, 3.8) is 0 Å². The second-order valence-corrected chi connectivity index (χ2v) is 4.57. The Kier molecular flexibility index (Phi) is 2.08. The minimum Gasteiger partial charge on any atom is -0.351 e. The zero-order valence-corrected chi connectivity index (χ0v) is 8.49. The summed E-state index contributed by atoms with van der Waals surface area (Å²) < 4.78 is 12.6. The molecule has 1 aromatic rings. The molecule has 2 fully saturated rings. The van der Waals surface area contributed by atoms with E-state index in [9.17, 15) is 4.39 Å².